The van der Waals surface area contributed by atoms with Gasteiger partial charge in [0.2, 0.25) is 0 Å². The van der Waals surface area contributed by atoms with Gasteiger partial charge in [0.1, 0.15) is 12.4 Å². The lowest BCUT2D eigenvalue weighted by Crippen LogP contribution is -2.34. The molecular weight excluding hydrogens is 368 g/mol. The topological polar surface area (TPSA) is 50.4 Å². The Bertz CT molecular complexity index is 918. The first-order valence-corrected chi connectivity index (χ1v) is 9.21. The molecule has 2 aromatic carbocycles. The molecule has 0 aromatic heterocycles. The maximum atomic E-state index is 12.2. The van der Waals surface area contributed by atoms with Crippen LogP contribution in [-0.2, 0) is 11.4 Å². The van der Waals surface area contributed by atoms with Crippen LogP contribution in [0.25, 0.3) is 0 Å². The van der Waals surface area contributed by atoms with Crippen LogP contribution in [-0.4, -0.2) is 11.0 Å². The minimum Gasteiger partial charge on any atom is -0.489 e. The van der Waals surface area contributed by atoms with Gasteiger partial charge >= 0.3 is 0 Å². The first-order valence-electron chi connectivity index (χ1n) is 8.80. The summed E-state index contributed by atoms with van der Waals surface area (Å²) in [5, 5.41) is 5.89. The van der Waals surface area contributed by atoms with Crippen LogP contribution in [0, 0.1) is 13.8 Å². The van der Waals surface area contributed by atoms with Gasteiger partial charge in [-0.3, -0.25) is 10.1 Å². The van der Waals surface area contributed by atoms with Gasteiger partial charge in [0.25, 0.3) is 5.91 Å². The summed E-state index contributed by atoms with van der Waals surface area (Å²) in [6, 6.07) is 13.9. The van der Waals surface area contributed by atoms with Gasteiger partial charge in [-0.2, -0.15) is 0 Å². The van der Waals surface area contributed by atoms with E-state index in [1.165, 1.54) is 12.2 Å². The highest BCUT2D eigenvalue weighted by molar-refractivity contribution is 7.80. The van der Waals surface area contributed by atoms with E-state index in [0.29, 0.717) is 12.2 Å². The first-order chi connectivity index (χ1) is 13.4. The van der Waals surface area contributed by atoms with Crippen LogP contribution in [0.3, 0.4) is 0 Å². The van der Waals surface area contributed by atoms with Crippen molar-refractivity contribution in [3.63, 3.8) is 0 Å². The standard InChI is InChI=1S/C23H24N2O2S/c1-5-10-19(6-2)22(26)25-23(28)24-20-14-21(17(4)13-16(20)3)27-15-18-11-8-7-9-12-18/h5-14H,1-2,15H2,3-4H3,(H2,24,25,26,28)/b19-10+. The van der Waals surface area contributed by atoms with Crippen molar-refractivity contribution in [2.24, 2.45) is 0 Å². The molecule has 0 saturated carbocycles. The molecule has 2 rings (SSSR count). The summed E-state index contributed by atoms with van der Waals surface area (Å²) < 4.78 is 5.96. The highest BCUT2D eigenvalue weighted by atomic mass is 32.1. The lowest BCUT2D eigenvalue weighted by Gasteiger charge is -2.16. The van der Waals surface area contributed by atoms with Crippen LogP contribution in [0.15, 0.2) is 79.4 Å². The number of carbonyl (C=O) groups is 1. The van der Waals surface area contributed by atoms with Crippen molar-refractivity contribution in [3.05, 3.63) is 96.1 Å². The Balaban J connectivity index is 2.09. The van der Waals surface area contributed by atoms with Gasteiger partial charge in [-0.25, -0.2) is 0 Å². The number of anilines is 1. The molecule has 0 unspecified atom stereocenters. The molecule has 0 saturated heterocycles. The summed E-state index contributed by atoms with van der Waals surface area (Å²) >= 11 is 5.27. The van der Waals surface area contributed by atoms with Crippen molar-refractivity contribution in [2.75, 3.05) is 5.32 Å². The van der Waals surface area contributed by atoms with E-state index in [0.717, 1.165) is 28.1 Å². The average Bonchev–Trinajstić information content (AvgIpc) is 2.67. The number of ether oxygens (including phenoxy) is 1. The lowest BCUT2D eigenvalue weighted by molar-refractivity contribution is -0.115. The summed E-state index contributed by atoms with van der Waals surface area (Å²) in [4.78, 5) is 12.2. The van der Waals surface area contributed by atoms with Crippen LogP contribution in [0.4, 0.5) is 5.69 Å². The fourth-order valence-electron chi connectivity index (χ4n) is 2.55. The molecule has 0 bridgehead atoms. The Kier molecular flexibility index (Phi) is 7.72. The smallest absolute Gasteiger partial charge is 0.257 e. The average molecular weight is 393 g/mol. The maximum Gasteiger partial charge on any atom is 0.257 e. The molecule has 0 spiro atoms. The van der Waals surface area contributed by atoms with Crippen molar-refractivity contribution in [2.45, 2.75) is 20.5 Å². The molecule has 144 valence electrons. The summed E-state index contributed by atoms with van der Waals surface area (Å²) in [5.41, 5.74) is 4.26. The number of hydrogen-bond donors (Lipinski definition) is 2. The third-order valence-electron chi connectivity index (χ3n) is 4.01. The van der Waals surface area contributed by atoms with Crippen molar-refractivity contribution in [3.8, 4) is 5.75 Å². The minimum absolute atomic E-state index is 0.197. The van der Waals surface area contributed by atoms with E-state index < -0.39 is 0 Å². The van der Waals surface area contributed by atoms with Gasteiger partial charge < -0.3 is 10.1 Å². The molecule has 0 atom stereocenters. The minimum atomic E-state index is -0.349. The van der Waals surface area contributed by atoms with E-state index >= 15 is 0 Å². The van der Waals surface area contributed by atoms with Crippen LogP contribution >= 0.6 is 12.2 Å². The van der Waals surface area contributed by atoms with Gasteiger partial charge in [-0.1, -0.05) is 67.8 Å². The molecule has 0 aliphatic heterocycles. The second-order valence-corrected chi connectivity index (χ2v) is 6.59. The first kappa shape index (κ1) is 21.1. The zero-order valence-corrected chi connectivity index (χ0v) is 16.9. The summed E-state index contributed by atoms with van der Waals surface area (Å²) in [5.74, 6) is 0.405. The molecule has 0 heterocycles. The molecule has 0 radical (unpaired) electrons. The summed E-state index contributed by atoms with van der Waals surface area (Å²) in [6.45, 7) is 11.6. The maximum absolute atomic E-state index is 12.2. The van der Waals surface area contributed by atoms with Crippen LogP contribution in [0.1, 0.15) is 16.7 Å². The SMILES string of the molecule is C=C/C=C(\C=C)C(=O)NC(=S)Nc1cc(OCc2ccccc2)c(C)cc1C. The molecule has 0 fully saturated rings. The monoisotopic (exact) mass is 392 g/mol. The van der Waals surface area contributed by atoms with Crippen molar-refractivity contribution in [1.29, 1.82) is 0 Å². The van der Waals surface area contributed by atoms with Crippen molar-refractivity contribution >= 4 is 28.9 Å². The molecule has 2 N–H and O–H groups in total. The second-order valence-electron chi connectivity index (χ2n) is 6.18. The van der Waals surface area contributed by atoms with E-state index in [9.17, 15) is 4.79 Å². The normalized spacial score (nSPS) is 10.7. The van der Waals surface area contributed by atoms with Crippen LogP contribution < -0.4 is 15.4 Å². The number of hydrogen-bond acceptors (Lipinski definition) is 3. The van der Waals surface area contributed by atoms with E-state index in [-0.39, 0.29) is 11.0 Å². The predicted octanol–water partition coefficient (Wildman–Crippen LogP) is 4.99. The lowest BCUT2D eigenvalue weighted by atomic mass is 10.1. The molecule has 1 amide bonds. The van der Waals surface area contributed by atoms with Gasteiger partial charge in [-0.05, 0) is 42.8 Å². The number of thiocarbonyl (C=S) groups is 1. The Morgan fingerprint density at radius 2 is 1.86 bits per heavy atom. The van der Waals surface area contributed by atoms with E-state index in [4.69, 9.17) is 17.0 Å². The Morgan fingerprint density at radius 1 is 1.14 bits per heavy atom. The third-order valence-corrected chi connectivity index (χ3v) is 4.22. The fraction of sp³-hybridized carbons (Fsp3) is 0.130. The van der Waals surface area contributed by atoms with Crippen LogP contribution in [0.5, 0.6) is 5.75 Å². The van der Waals surface area contributed by atoms with E-state index in [1.54, 1.807) is 6.08 Å². The number of rotatable bonds is 7. The number of allylic oxidation sites excluding steroid dienone is 2. The van der Waals surface area contributed by atoms with E-state index in [1.807, 2.05) is 56.3 Å². The second kappa shape index (κ2) is 10.2. The Hall–Kier alpha value is -3.18. The predicted molar refractivity (Wildman–Crippen MR) is 120 cm³/mol. The zero-order valence-electron chi connectivity index (χ0n) is 16.1. The van der Waals surface area contributed by atoms with Crippen LogP contribution in [0.2, 0.25) is 0 Å². The summed E-state index contributed by atoms with van der Waals surface area (Å²) in [7, 11) is 0. The highest BCUT2D eigenvalue weighted by Crippen LogP contribution is 2.27. The zero-order chi connectivity index (χ0) is 20.5. The quantitative estimate of drug-likeness (QED) is 0.396. The number of benzene rings is 2. The molecule has 0 aliphatic carbocycles. The number of aryl methyl sites for hydroxylation is 2. The highest BCUT2D eigenvalue weighted by Gasteiger charge is 2.11. The van der Waals surface area contributed by atoms with Crippen molar-refractivity contribution < 1.29 is 9.53 Å². The largest absolute Gasteiger partial charge is 0.489 e. The molecule has 0 aliphatic rings. The Morgan fingerprint density at radius 3 is 2.50 bits per heavy atom. The molecule has 28 heavy (non-hydrogen) atoms. The van der Waals surface area contributed by atoms with Gasteiger partial charge in [0.05, 0.1) is 0 Å². The van der Waals surface area contributed by atoms with Gasteiger partial charge in [0.15, 0.2) is 5.11 Å². The number of nitrogens with one attached hydrogen (secondary N) is 2. The molecule has 4 nitrogen and oxygen atoms in total. The number of carbonyl (C=O) groups excluding carboxylic acids is 1. The summed E-state index contributed by atoms with van der Waals surface area (Å²) in [6.07, 6.45) is 4.54. The molecular formula is C23H24N2O2S. The Labute approximate surface area is 171 Å². The number of amides is 1. The molecule has 2 aromatic rings. The van der Waals surface area contributed by atoms with E-state index in [2.05, 4.69) is 23.8 Å². The third kappa shape index (κ3) is 5.93. The van der Waals surface area contributed by atoms with Gasteiger partial charge in [-0.15, -0.1) is 0 Å². The van der Waals surface area contributed by atoms with Crippen molar-refractivity contribution in [1.82, 2.24) is 5.32 Å². The van der Waals surface area contributed by atoms with Gasteiger partial charge in [0, 0.05) is 17.3 Å². The molecule has 5 heteroatoms. The fourth-order valence-corrected chi connectivity index (χ4v) is 2.75.